The van der Waals surface area contributed by atoms with Gasteiger partial charge in [0.1, 0.15) is 17.3 Å². The van der Waals surface area contributed by atoms with Gasteiger partial charge in [-0.25, -0.2) is 14.4 Å². The van der Waals surface area contributed by atoms with Gasteiger partial charge in [-0.1, -0.05) is 0 Å². The summed E-state index contributed by atoms with van der Waals surface area (Å²) in [6, 6.07) is 9.44. The van der Waals surface area contributed by atoms with Gasteiger partial charge in [-0.3, -0.25) is 4.98 Å². The van der Waals surface area contributed by atoms with Crippen molar-refractivity contribution in [2.75, 3.05) is 0 Å². The van der Waals surface area contributed by atoms with E-state index in [9.17, 15) is 4.39 Å². The largest absolute Gasteiger partial charge is 0.456 e. The van der Waals surface area contributed by atoms with Gasteiger partial charge in [0.25, 0.3) is 0 Å². The molecule has 0 bridgehead atoms. The predicted octanol–water partition coefficient (Wildman–Crippen LogP) is 4.12. The second kappa shape index (κ2) is 5.85. The number of hydrogen-bond acceptors (Lipinski definition) is 4. The summed E-state index contributed by atoms with van der Waals surface area (Å²) in [5, 5.41) is 0.103. The third kappa shape index (κ3) is 3.32. The standard InChI is InChI=1S/C15H9ClFN3O/c16-15-19-5-3-14(20-15)10-6-11(17)8-13(7-10)21-12-2-1-4-18-9-12/h1-9H. The average molecular weight is 302 g/mol. The van der Waals surface area contributed by atoms with Crippen molar-refractivity contribution in [2.24, 2.45) is 0 Å². The molecular formula is C15H9ClFN3O. The molecule has 2 heterocycles. The molecule has 0 aliphatic heterocycles. The number of hydrogen-bond donors (Lipinski definition) is 0. The Hall–Kier alpha value is -2.53. The summed E-state index contributed by atoms with van der Waals surface area (Å²) in [5.41, 5.74) is 1.07. The molecule has 0 atom stereocenters. The van der Waals surface area contributed by atoms with Gasteiger partial charge in [0.15, 0.2) is 0 Å². The minimum atomic E-state index is -0.430. The normalized spacial score (nSPS) is 10.4. The molecule has 3 rings (SSSR count). The monoisotopic (exact) mass is 301 g/mol. The topological polar surface area (TPSA) is 47.9 Å². The van der Waals surface area contributed by atoms with Crippen molar-refractivity contribution in [3.05, 3.63) is 66.1 Å². The highest BCUT2D eigenvalue weighted by atomic mass is 35.5. The van der Waals surface area contributed by atoms with Gasteiger partial charge < -0.3 is 4.74 Å². The van der Waals surface area contributed by atoms with Crippen molar-refractivity contribution < 1.29 is 9.13 Å². The number of halogens is 2. The molecule has 0 saturated carbocycles. The van der Waals surface area contributed by atoms with Crippen LogP contribution in [0.4, 0.5) is 4.39 Å². The minimum Gasteiger partial charge on any atom is -0.456 e. The molecule has 0 amide bonds. The molecule has 1 aromatic carbocycles. The van der Waals surface area contributed by atoms with Crippen molar-refractivity contribution in [3.63, 3.8) is 0 Å². The molecule has 21 heavy (non-hydrogen) atoms. The first-order chi connectivity index (χ1) is 10.2. The summed E-state index contributed by atoms with van der Waals surface area (Å²) in [6.07, 6.45) is 4.69. The van der Waals surface area contributed by atoms with Crippen molar-refractivity contribution in [3.8, 4) is 22.8 Å². The molecule has 0 saturated heterocycles. The number of nitrogens with zero attached hydrogens (tertiary/aromatic N) is 3. The minimum absolute atomic E-state index is 0.103. The fraction of sp³-hybridized carbons (Fsp3) is 0. The summed E-state index contributed by atoms with van der Waals surface area (Å²) in [5.74, 6) is 0.448. The SMILES string of the molecule is Fc1cc(Oc2cccnc2)cc(-c2ccnc(Cl)n2)c1. The number of aromatic nitrogens is 3. The van der Waals surface area contributed by atoms with Gasteiger partial charge in [-0.2, -0.15) is 0 Å². The van der Waals surface area contributed by atoms with Crippen molar-refractivity contribution in [2.45, 2.75) is 0 Å². The molecular weight excluding hydrogens is 293 g/mol. The van der Waals surface area contributed by atoms with Crippen LogP contribution < -0.4 is 4.74 Å². The molecule has 6 heteroatoms. The van der Waals surface area contributed by atoms with Crippen LogP contribution in [0.25, 0.3) is 11.3 Å². The average Bonchev–Trinajstić information content (AvgIpc) is 2.48. The first kappa shape index (κ1) is 13.5. The van der Waals surface area contributed by atoms with Crippen LogP contribution >= 0.6 is 11.6 Å². The van der Waals surface area contributed by atoms with Crippen LogP contribution in [0.3, 0.4) is 0 Å². The Labute approximate surface area is 125 Å². The summed E-state index contributed by atoms with van der Waals surface area (Å²) in [4.78, 5) is 11.8. The van der Waals surface area contributed by atoms with E-state index in [2.05, 4.69) is 15.0 Å². The predicted molar refractivity (Wildman–Crippen MR) is 76.7 cm³/mol. The number of ether oxygens (including phenoxy) is 1. The molecule has 0 N–H and O–H groups in total. The number of pyridine rings is 1. The molecule has 0 aliphatic carbocycles. The van der Waals surface area contributed by atoms with E-state index in [0.717, 1.165) is 0 Å². The Bertz CT molecular complexity index is 768. The van der Waals surface area contributed by atoms with E-state index in [0.29, 0.717) is 22.8 Å². The highest BCUT2D eigenvalue weighted by Crippen LogP contribution is 2.27. The maximum Gasteiger partial charge on any atom is 0.222 e. The quantitative estimate of drug-likeness (QED) is 0.683. The summed E-state index contributed by atoms with van der Waals surface area (Å²) < 4.78 is 19.3. The lowest BCUT2D eigenvalue weighted by atomic mass is 10.1. The van der Waals surface area contributed by atoms with E-state index in [1.807, 2.05) is 0 Å². The Morgan fingerprint density at radius 3 is 2.71 bits per heavy atom. The first-order valence-electron chi connectivity index (χ1n) is 6.08. The Balaban J connectivity index is 1.97. The van der Waals surface area contributed by atoms with E-state index < -0.39 is 5.82 Å². The first-order valence-corrected chi connectivity index (χ1v) is 6.46. The van der Waals surface area contributed by atoms with Gasteiger partial charge in [-0.05, 0) is 41.9 Å². The van der Waals surface area contributed by atoms with E-state index in [-0.39, 0.29) is 5.28 Å². The number of benzene rings is 1. The fourth-order valence-electron chi connectivity index (χ4n) is 1.81. The zero-order valence-electron chi connectivity index (χ0n) is 10.7. The second-order valence-corrected chi connectivity index (χ2v) is 4.52. The van der Waals surface area contributed by atoms with Gasteiger partial charge in [0, 0.05) is 24.0 Å². The van der Waals surface area contributed by atoms with Crippen LogP contribution in [0.2, 0.25) is 5.28 Å². The van der Waals surface area contributed by atoms with Crippen LogP contribution in [-0.2, 0) is 0 Å². The maximum atomic E-state index is 13.7. The second-order valence-electron chi connectivity index (χ2n) is 4.18. The van der Waals surface area contributed by atoms with Crippen molar-refractivity contribution in [1.29, 1.82) is 0 Å². The van der Waals surface area contributed by atoms with Crippen LogP contribution in [0.1, 0.15) is 0 Å². The Morgan fingerprint density at radius 2 is 1.95 bits per heavy atom. The van der Waals surface area contributed by atoms with Crippen molar-refractivity contribution >= 4 is 11.6 Å². The number of rotatable bonds is 3. The third-order valence-corrected chi connectivity index (χ3v) is 2.85. The van der Waals surface area contributed by atoms with Gasteiger partial charge >= 0.3 is 0 Å². The van der Waals surface area contributed by atoms with E-state index in [1.165, 1.54) is 18.3 Å². The van der Waals surface area contributed by atoms with Gasteiger partial charge in [-0.15, -0.1) is 0 Å². The molecule has 0 unspecified atom stereocenters. The maximum absolute atomic E-state index is 13.7. The zero-order valence-corrected chi connectivity index (χ0v) is 11.5. The van der Waals surface area contributed by atoms with Crippen LogP contribution in [0.15, 0.2) is 55.0 Å². The smallest absolute Gasteiger partial charge is 0.222 e. The van der Waals surface area contributed by atoms with Crippen molar-refractivity contribution in [1.82, 2.24) is 15.0 Å². The zero-order chi connectivity index (χ0) is 14.7. The Morgan fingerprint density at radius 1 is 1.05 bits per heavy atom. The van der Waals surface area contributed by atoms with Gasteiger partial charge in [0.05, 0.1) is 11.9 Å². The molecule has 0 aliphatic rings. The molecule has 0 fully saturated rings. The van der Waals surface area contributed by atoms with Crippen LogP contribution in [0, 0.1) is 5.82 Å². The molecule has 4 nitrogen and oxygen atoms in total. The van der Waals surface area contributed by atoms with E-state index >= 15 is 0 Å². The fourth-order valence-corrected chi connectivity index (χ4v) is 1.96. The van der Waals surface area contributed by atoms with Gasteiger partial charge in [0.2, 0.25) is 5.28 Å². The molecule has 3 aromatic rings. The van der Waals surface area contributed by atoms with E-state index in [1.54, 1.807) is 36.7 Å². The lowest BCUT2D eigenvalue weighted by molar-refractivity contribution is 0.475. The Kier molecular flexibility index (Phi) is 3.75. The highest BCUT2D eigenvalue weighted by Gasteiger charge is 2.07. The van der Waals surface area contributed by atoms with E-state index in [4.69, 9.17) is 16.3 Å². The third-order valence-electron chi connectivity index (χ3n) is 2.66. The highest BCUT2D eigenvalue weighted by molar-refractivity contribution is 6.28. The van der Waals surface area contributed by atoms with Crippen LogP contribution in [-0.4, -0.2) is 15.0 Å². The summed E-state index contributed by atoms with van der Waals surface area (Å²) in [7, 11) is 0. The summed E-state index contributed by atoms with van der Waals surface area (Å²) >= 11 is 5.75. The molecule has 0 spiro atoms. The molecule has 2 aromatic heterocycles. The van der Waals surface area contributed by atoms with Crippen LogP contribution in [0.5, 0.6) is 11.5 Å². The lowest BCUT2D eigenvalue weighted by Gasteiger charge is -2.08. The summed E-state index contributed by atoms with van der Waals surface area (Å²) in [6.45, 7) is 0. The molecule has 104 valence electrons. The lowest BCUT2D eigenvalue weighted by Crippen LogP contribution is -1.90. The molecule has 0 radical (unpaired) electrons.